The van der Waals surface area contributed by atoms with Crippen LogP contribution in [0.15, 0.2) is 23.1 Å². The van der Waals surface area contributed by atoms with Crippen molar-refractivity contribution >= 4 is 31.4 Å². The van der Waals surface area contributed by atoms with Crippen LogP contribution in [0.5, 0.6) is 0 Å². The van der Waals surface area contributed by atoms with Crippen molar-refractivity contribution in [3.8, 4) is 0 Å². The van der Waals surface area contributed by atoms with Gasteiger partial charge in [0.15, 0.2) is 0 Å². The third-order valence-electron chi connectivity index (χ3n) is 2.29. The fourth-order valence-electron chi connectivity index (χ4n) is 1.44. The van der Waals surface area contributed by atoms with E-state index in [1.54, 1.807) is 6.07 Å². The number of benzene rings is 1. The number of nitrogen functional groups attached to an aromatic ring is 1. The van der Waals surface area contributed by atoms with Crippen LogP contribution in [-0.2, 0) is 20.0 Å². The molecule has 0 heterocycles. The number of anilines is 2. The first-order valence-corrected chi connectivity index (χ1v) is 8.53. The van der Waals surface area contributed by atoms with Crippen LogP contribution in [-0.4, -0.2) is 29.1 Å². The van der Waals surface area contributed by atoms with Gasteiger partial charge in [-0.25, -0.2) is 27.1 Å². The Kier molecular flexibility index (Phi) is 4.74. The molecule has 0 saturated carbocycles. The molecule has 0 radical (unpaired) electrons. The lowest BCUT2D eigenvalue weighted by Crippen LogP contribution is -2.19. The lowest BCUT2D eigenvalue weighted by atomic mass is 10.2. The average Bonchev–Trinajstić information content (AvgIpc) is 2.23. The van der Waals surface area contributed by atoms with E-state index in [0.29, 0.717) is 5.69 Å². The molecule has 10 heteroatoms. The van der Waals surface area contributed by atoms with Crippen molar-refractivity contribution in [3.05, 3.63) is 18.2 Å². The Morgan fingerprint density at radius 1 is 1.11 bits per heavy atom. The number of rotatable bonds is 6. The standard InChI is InChI=1S/C9H16N4O4S2/c10-9-7(13-5-2-6-18(11,14)15)3-1-4-8(9)19(12,16)17/h1,3-4,13H,2,5-6,10H2,(H2,11,14,15)(H2,12,16,17). The van der Waals surface area contributed by atoms with Crippen LogP contribution >= 0.6 is 0 Å². The summed E-state index contributed by atoms with van der Waals surface area (Å²) in [6.07, 6.45) is 0.276. The molecular weight excluding hydrogens is 292 g/mol. The number of nitrogens with one attached hydrogen (secondary N) is 1. The first kappa shape index (κ1) is 15.7. The minimum absolute atomic E-state index is 0.000561. The van der Waals surface area contributed by atoms with Gasteiger partial charge in [0.25, 0.3) is 0 Å². The maximum absolute atomic E-state index is 11.2. The molecule has 0 aromatic heterocycles. The van der Waals surface area contributed by atoms with Crippen LogP contribution in [0.25, 0.3) is 0 Å². The molecule has 8 nitrogen and oxygen atoms in total. The van der Waals surface area contributed by atoms with Gasteiger partial charge in [0, 0.05) is 6.54 Å². The first-order chi connectivity index (χ1) is 8.61. The zero-order valence-corrected chi connectivity index (χ0v) is 11.7. The second-order valence-electron chi connectivity index (χ2n) is 3.91. The monoisotopic (exact) mass is 308 g/mol. The Morgan fingerprint density at radius 3 is 2.26 bits per heavy atom. The third kappa shape index (κ3) is 5.03. The highest BCUT2D eigenvalue weighted by Gasteiger charge is 2.14. The zero-order valence-electron chi connectivity index (χ0n) is 10.0. The van der Waals surface area contributed by atoms with E-state index in [4.69, 9.17) is 16.0 Å². The van der Waals surface area contributed by atoms with E-state index in [2.05, 4.69) is 5.32 Å². The van der Waals surface area contributed by atoms with Gasteiger partial charge in [-0.1, -0.05) is 6.07 Å². The molecule has 108 valence electrons. The van der Waals surface area contributed by atoms with Crippen LogP contribution in [0.1, 0.15) is 6.42 Å². The summed E-state index contributed by atoms with van der Waals surface area (Å²) in [5.74, 6) is -0.172. The van der Waals surface area contributed by atoms with Gasteiger partial charge in [-0.05, 0) is 18.6 Å². The zero-order chi connectivity index (χ0) is 14.7. The van der Waals surface area contributed by atoms with Crippen molar-refractivity contribution in [3.63, 3.8) is 0 Å². The highest BCUT2D eigenvalue weighted by atomic mass is 32.2. The smallest absolute Gasteiger partial charge is 0.240 e. The second-order valence-corrected chi connectivity index (χ2v) is 7.17. The summed E-state index contributed by atoms with van der Waals surface area (Å²) >= 11 is 0. The molecule has 1 aromatic carbocycles. The molecule has 0 saturated heterocycles. The van der Waals surface area contributed by atoms with E-state index < -0.39 is 20.0 Å². The van der Waals surface area contributed by atoms with E-state index in [1.165, 1.54) is 12.1 Å². The van der Waals surface area contributed by atoms with E-state index >= 15 is 0 Å². The molecule has 0 aliphatic rings. The molecule has 19 heavy (non-hydrogen) atoms. The summed E-state index contributed by atoms with van der Waals surface area (Å²) < 4.78 is 43.9. The molecular formula is C9H16N4O4S2. The van der Waals surface area contributed by atoms with E-state index in [-0.39, 0.29) is 29.3 Å². The van der Waals surface area contributed by atoms with Crippen LogP contribution in [0.3, 0.4) is 0 Å². The van der Waals surface area contributed by atoms with Crippen LogP contribution in [0, 0.1) is 0 Å². The minimum Gasteiger partial charge on any atom is -0.396 e. The highest BCUT2D eigenvalue weighted by Crippen LogP contribution is 2.25. The fourth-order valence-corrected chi connectivity index (χ4v) is 2.67. The van der Waals surface area contributed by atoms with Crippen molar-refractivity contribution in [1.29, 1.82) is 0 Å². The molecule has 1 rings (SSSR count). The molecule has 7 N–H and O–H groups in total. The minimum atomic E-state index is -3.89. The Balaban J connectivity index is 2.76. The van der Waals surface area contributed by atoms with E-state index in [9.17, 15) is 16.8 Å². The van der Waals surface area contributed by atoms with Gasteiger partial charge in [0.05, 0.1) is 17.1 Å². The van der Waals surface area contributed by atoms with E-state index in [1.807, 2.05) is 0 Å². The SMILES string of the molecule is Nc1c(NCCCS(N)(=O)=O)cccc1S(N)(=O)=O. The Hall–Kier alpha value is -1.36. The number of sulfonamides is 2. The number of hydrogen-bond acceptors (Lipinski definition) is 6. The molecule has 0 fully saturated rings. The number of nitrogens with two attached hydrogens (primary N) is 3. The van der Waals surface area contributed by atoms with E-state index in [0.717, 1.165) is 0 Å². The third-order valence-corrected chi connectivity index (χ3v) is 4.12. The average molecular weight is 308 g/mol. The van der Waals surface area contributed by atoms with Crippen molar-refractivity contribution < 1.29 is 16.8 Å². The molecule has 0 aliphatic heterocycles. The Morgan fingerprint density at radius 2 is 1.74 bits per heavy atom. The van der Waals surface area contributed by atoms with Gasteiger partial charge in [0.2, 0.25) is 20.0 Å². The first-order valence-electron chi connectivity index (χ1n) is 5.27. The van der Waals surface area contributed by atoms with Crippen molar-refractivity contribution in [1.82, 2.24) is 0 Å². The normalized spacial score (nSPS) is 12.3. The quantitative estimate of drug-likeness (QED) is 0.390. The van der Waals surface area contributed by atoms with Crippen molar-refractivity contribution in [2.75, 3.05) is 23.3 Å². The Labute approximate surface area is 112 Å². The van der Waals surface area contributed by atoms with Gasteiger partial charge < -0.3 is 11.1 Å². The summed E-state index contributed by atoms with van der Waals surface area (Å²) in [6, 6.07) is 4.35. The lowest BCUT2D eigenvalue weighted by Gasteiger charge is -2.11. The topological polar surface area (TPSA) is 158 Å². The number of para-hydroxylation sites is 1. The molecule has 0 amide bonds. The van der Waals surface area contributed by atoms with Crippen molar-refractivity contribution in [2.45, 2.75) is 11.3 Å². The van der Waals surface area contributed by atoms with Gasteiger partial charge in [-0.15, -0.1) is 0 Å². The van der Waals surface area contributed by atoms with Crippen LogP contribution in [0.2, 0.25) is 0 Å². The maximum Gasteiger partial charge on any atom is 0.240 e. The van der Waals surface area contributed by atoms with Crippen LogP contribution < -0.4 is 21.3 Å². The van der Waals surface area contributed by atoms with Gasteiger partial charge in [-0.3, -0.25) is 0 Å². The molecule has 0 unspecified atom stereocenters. The van der Waals surface area contributed by atoms with Crippen molar-refractivity contribution in [2.24, 2.45) is 10.3 Å². The Bertz CT molecular complexity index is 655. The largest absolute Gasteiger partial charge is 0.396 e. The lowest BCUT2D eigenvalue weighted by molar-refractivity contribution is 0.595. The second kappa shape index (κ2) is 5.74. The van der Waals surface area contributed by atoms with Crippen LogP contribution in [0.4, 0.5) is 11.4 Å². The molecule has 0 bridgehead atoms. The van der Waals surface area contributed by atoms with Gasteiger partial charge in [-0.2, -0.15) is 0 Å². The summed E-state index contributed by atoms with van der Waals surface area (Å²) in [5, 5.41) is 12.7. The predicted molar refractivity (Wildman–Crippen MR) is 73.3 cm³/mol. The van der Waals surface area contributed by atoms with Gasteiger partial charge in [0.1, 0.15) is 4.90 Å². The van der Waals surface area contributed by atoms with Gasteiger partial charge >= 0.3 is 0 Å². The molecule has 0 aliphatic carbocycles. The number of hydrogen-bond donors (Lipinski definition) is 4. The summed E-state index contributed by atoms with van der Waals surface area (Å²) in [4.78, 5) is -0.177. The summed E-state index contributed by atoms with van der Waals surface area (Å²) in [7, 11) is -7.40. The maximum atomic E-state index is 11.2. The number of primary sulfonamides is 2. The summed E-state index contributed by atoms with van der Waals surface area (Å²) in [5.41, 5.74) is 6.05. The predicted octanol–water partition coefficient (Wildman–Crippen LogP) is -0.993. The summed E-state index contributed by atoms with van der Waals surface area (Å²) in [6.45, 7) is 0.286. The molecule has 1 aromatic rings. The fraction of sp³-hybridized carbons (Fsp3) is 0.333. The highest BCUT2D eigenvalue weighted by molar-refractivity contribution is 7.89. The molecule has 0 spiro atoms. The molecule has 0 atom stereocenters.